The Bertz CT molecular complexity index is 423. The molecule has 0 aromatic carbocycles. The molecule has 5 heteroatoms. The molecule has 0 radical (unpaired) electrons. The molecule has 0 spiro atoms. The van der Waals surface area contributed by atoms with Crippen molar-refractivity contribution in [1.29, 1.82) is 0 Å². The molecule has 94 valence electrons. The number of carbonyl (C=O) groups is 1. The van der Waals surface area contributed by atoms with Crippen molar-refractivity contribution in [2.24, 2.45) is 13.0 Å². The van der Waals surface area contributed by atoms with Crippen molar-refractivity contribution < 1.29 is 9.90 Å². The minimum Gasteiger partial charge on any atom is -0.478 e. The predicted octanol–water partition coefficient (Wildman–Crippen LogP) is 1.35. The Morgan fingerprint density at radius 3 is 2.88 bits per heavy atom. The van der Waals surface area contributed by atoms with E-state index in [1.165, 1.54) is 19.0 Å². The lowest BCUT2D eigenvalue weighted by Gasteiger charge is -2.24. The van der Waals surface area contributed by atoms with Crippen molar-refractivity contribution in [1.82, 2.24) is 14.7 Å². The summed E-state index contributed by atoms with van der Waals surface area (Å²) in [5.41, 5.74) is 1.08. The summed E-state index contributed by atoms with van der Waals surface area (Å²) in [5.74, 6) is -0.123. The van der Waals surface area contributed by atoms with Gasteiger partial charge in [-0.05, 0) is 32.7 Å². The zero-order valence-electron chi connectivity index (χ0n) is 10.6. The molecule has 1 unspecified atom stereocenters. The molecule has 1 fully saturated rings. The number of rotatable bonds is 5. The first-order chi connectivity index (χ1) is 8.00. The van der Waals surface area contributed by atoms with Gasteiger partial charge in [0, 0.05) is 19.6 Å². The Hall–Kier alpha value is -1.36. The van der Waals surface area contributed by atoms with Gasteiger partial charge < -0.3 is 5.11 Å². The molecule has 1 aliphatic carbocycles. The van der Waals surface area contributed by atoms with Crippen LogP contribution in [0.1, 0.15) is 35.8 Å². The van der Waals surface area contributed by atoms with E-state index in [1.54, 1.807) is 11.7 Å². The van der Waals surface area contributed by atoms with E-state index in [4.69, 9.17) is 5.11 Å². The normalized spacial score (nSPS) is 17.4. The summed E-state index contributed by atoms with van der Waals surface area (Å²) in [5, 5.41) is 13.1. The van der Waals surface area contributed by atoms with Crippen molar-refractivity contribution in [2.45, 2.75) is 32.4 Å². The fraction of sp³-hybridized carbons (Fsp3) is 0.667. The molecule has 1 aromatic heterocycles. The average Bonchev–Trinajstić information content (AvgIpc) is 3.04. The largest absolute Gasteiger partial charge is 0.478 e. The van der Waals surface area contributed by atoms with Crippen LogP contribution >= 0.6 is 0 Å². The van der Waals surface area contributed by atoms with Gasteiger partial charge in [-0.3, -0.25) is 9.58 Å². The van der Waals surface area contributed by atoms with E-state index < -0.39 is 5.97 Å². The Morgan fingerprint density at radius 1 is 1.71 bits per heavy atom. The second-order valence-corrected chi connectivity index (χ2v) is 4.93. The number of carboxylic acid groups (broad SMARTS) is 1. The topological polar surface area (TPSA) is 58.4 Å². The van der Waals surface area contributed by atoms with Crippen LogP contribution < -0.4 is 0 Å². The fourth-order valence-electron chi connectivity index (χ4n) is 2.15. The van der Waals surface area contributed by atoms with Crippen LogP contribution in [-0.2, 0) is 13.6 Å². The number of carboxylic acids is 1. The van der Waals surface area contributed by atoms with Crippen molar-refractivity contribution >= 4 is 5.97 Å². The number of hydrogen-bond acceptors (Lipinski definition) is 3. The first kappa shape index (κ1) is 12.1. The van der Waals surface area contributed by atoms with Crippen LogP contribution in [0.3, 0.4) is 0 Å². The Morgan fingerprint density at radius 2 is 2.35 bits per heavy atom. The van der Waals surface area contributed by atoms with Crippen molar-refractivity contribution in [3.63, 3.8) is 0 Å². The number of aromatic nitrogens is 2. The Labute approximate surface area is 101 Å². The summed E-state index contributed by atoms with van der Waals surface area (Å²) in [6.07, 6.45) is 4.01. The number of aryl methyl sites for hydroxylation is 1. The standard InChI is InChI=1S/C12H19N3O2/c1-8(9-4-5-9)14(2)7-11-10(12(16)17)6-13-15(11)3/h6,8-9H,4-5,7H2,1-3H3,(H,16,17). The Balaban J connectivity index is 2.11. The maximum Gasteiger partial charge on any atom is 0.339 e. The van der Waals surface area contributed by atoms with E-state index in [2.05, 4.69) is 16.9 Å². The van der Waals surface area contributed by atoms with E-state index in [1.807, 2.05) is 7.05 Å². The third-order valence-corrected chi connectivity index (χ3v) is 3.69. The van der Waals surface area contributed by atoms with Gasteiger partial charge >= 0.3 is 5.97 Å². The van der Waals surface area contributed by atoms with Crippen LogP contribution in [0.15, 0.2) is 6.20 Å². The molecule has 0 saturated heterocycles. The van der Waals surface area contributed by atoms with Crippen LogP contribution in [0.5, 0.6) is 0 Å². The van der Waals surface area contributed by atoms with Crippen molar-refractivity contribution in [2.75, 3.05) is 7.05 Å². The van der Waals surface area contributed by atoms with Crippen LogP contribution in [-0.4, -0.2) is 38.8 Å². The first-order valence-corrected chi connectivity index (χ1v) is 5.95. The highest BCUT2D eigenvalue weighted by molar-refractivity contribution is 5.88. The summed E-state index contributed by atoms with van der Waals surface area (Å²) < 4.78 is 1.65. The van der Waals surface area contributed by atoms with E-state index in [0.717, 1.165) is 11.6 Å². The van der Waals surface area contributed by atoms with Crippen LogP contribution in [0.4, 0.5) is 0 Å². The molecule has 1 atom stereocenters. The quantitative estimate of drug-likeness (QED) is 0.839. The smallest absolute Gasteiger partial charge is 0.339 e. The summed E-state index contributed by atoms with van der Waals surface area (Å²) in [6.45, 7) is 2.84. The molecule has 1 heterocycles. The van der Waals surface area contributed by atoms with E-state index >= 15 is 0 Å². The molecular formula is C12H19N3O2. The molecule has 1 aromatic rings. The highest BCUT2D eigenvalue weighted by Crippen LogP contribution is 2.35. The van der Waals surface area contributed by atoms with E-state index in [9.17, 15) is 4.79 Å². The lowest BCUT2D eigenvalue weighted by molar-refractivity contribution is 0.0693. The van der Waals surface area contributed by atoms with Gasteiger partial charge in [-0.25, -0.2) is 4.79 Å². The third kappa shape index (κ3) is 2.49. The summed E-state index contributed by atoms with van der Waals surface area (Å²) in [4.78, 5) is 13.3. The van der Waals surface area contributed by atoms with Crippen LogP contribution in [0.2, 0.25) is 0 Å². The molecule has 2 rings (SSSR count). The molecular weight excluding hydrogens is 218 g/mol. The highest BCUT2D eigenvalue weighted by Gasteiger charge is 2.31. The molecule has 1 aliphatic rings. The van der Waals surface area contributed by atoms with E-state index in [0.29, 0.717) is 18.2 Å². The molecule has 0 amide bonds. The molecule has 0 bridgehead atoms. The van der Waals surface area contributed by atoms with Gasteiger partial charge in [0.2, 0.25) is 0 Å². The van der Waals surface area contributed by atoms with Gasteiger partial charge in [-0.1, -0.05) is 0 Å². The third-order valence-electron chi connectivity index (χ3n) is 3.69. The number of hydrogen-bond donors (Lipinski definition) is 1. The van der Waals surface area contributed by atoms with Gasteiger partial charge in [-0.2, -0.15) is 5.10 Å². The maximum absolute atomic E-state index is 11.1. The zero-order chi connectivity index (χ0) is 12.6. The summed E-state index contributed by atoms with van der Waals surface area (Å²) in [7, 11) is 3.83. The van der Waals surface area contributed by atoms with Crippen molar-refractivity contribution in [3.05, 3.63) is 17.5 Å². The molecule has 17 heavy (non-hydrogen) atoms. The van der Waals surface area contributed by atoms with Crippen LogP contribution in [0, 0.1) is 5.92 Å². The number of aromatic carboxylic acids is 1. The average molecular weight is 237 g/mol. The van der Waals surface area contributed by atoms with Crippen molar-refractivity contribution in [3.8, 4) is 0 Å². The second kappa shape index (κ2) is 4.49. The summed E-state index contributed by atoms with van der Waals surface area (Å²) >= 11 is 0. The highest BCUT2D eigenvalue weighted by atomic mass is 16.4. The van der Waals surface area contributed by atoms with Crippen LogP contribution in [0.25, 0.3) is 0 Å². The lowest BCUT2D eigenvalue weighted by Crippen LogP contribution is -2.31. The van der Waals surface area contributed by atoms with Gasteiger partial charge in [0.15, 0.2) is 0 Å². The minimum atomic E-state index is -0.902. The second-order valence-electron chi connectivity index (χ2n) is 4.93. The van der Waals surface area contributed by atoms with E-state index in [-0.39, 0.29) is 0 Å². The first-order valence-electron chi connectivity index (χ1n) is 5.95. The zero-order valence-corrected chi connectivity index (χ0v) is 10.6. The van der Waals surface area contributed by atoms with Gasteiger partial charge in [-0.15, -0.1) is 0 Å². The minimum absolute atomic E-state index is 0.308. The summed E-state index contributed by atoms with van der Waals surface area (Å²) in [6, 6.07) is 0.506. The van der Waals surface area contributed by atoms with Gasteiger partial charge in [0.1, 0.15) is 5.56 Å². The van der Waals surface area contributed by atoms with Gasteiger partial charge in [0.05, 0.1) is 11.9 Å². The fourth-order valence-corrected chi connectivity index (χ4v) is 2.15. The Kier molecular flexibility index (Phi) is 3.19. The molecule has 0 aliphatic heterocycles. The molecule has 1 saturated carbocycles. The molecule has 5 nitrogen and oxygen atoms in total. The lowest BCUT2D eigenvalue weighted by atomic mass is 10.1. The monoisotopic (exact) mass is 237 g/mol. The number of nitrogens with zero attached hydrogens (tertiary/aromatic N) is 3. The predicted molar refractivity (Wildman–Crippen MR) is 63.8 cm³/mol. The maximum atomic E-state index is 11.1. The van der Waals surface area contributed by atoms with Gasteiger partial charge in [0.25, 0.3) is 0 Å². The SMILES string of the molecule is CC(C1CC1)N(C)Cc1c(C(=O)O)cnn1C. The molecule has 1 N–H and O–H groups in total.